The van der Waals surface area contributed by atoms with Crippen LogP contribution in [-0.2, 0) is 19.1 Å². The first-order valence-corrected chi connectivity index (χ1v) is 11.4. The molecule has 0 aliphatic carbocycles. The van der Waals surface area contributed by atoms with Crippen molar-refractivity contribution in [1.29, 1.82) is 0 Å². The molecule has 2 N–H and O–H groups in total. The smallest absolute Gasteiger partial charge is 0.349 e. The summed E-state index contributed by atoms with van der Waals surface area (Å²) in [6.07, 6.45) is -4.43. The highest BCUT2D eigenvalue weighted by molar-refractivity contribution is 5.95. The van der Waals surface area contributed by atoms with Gasteiger partial charge in [-0.25, -0.2) is 19.2 Å². The predicted octanol–water partition coefficient (Wildman–Crippen LogP) is 5.71. The van der Waals surface area contributed by atoms with Crippen molar-refractivity contribution >= 4 is 23.9 Å². The van der Waals surface area contributed by atoms with E-state index in [1.54, 1.807) is 12.1 Å². The molecule has 2 unspecified atom stereocenters. The zero-order valence-corrected chi connectivity index (χ0v) is 21.3. The standard InChI is InChI=1S/C18H14O8.4C2H6/c19-15(20)13(25-17(23)11-7-3-1-4-8-11)14(16(21)22)26-18(24)12-9-5-2-6-10-12;4*1-2/h1-10,13-14H,(H,19,20)(H,21,22);4*1-2H3. The van der Waals surface area contributed by atoms with Gasteiger partial charge >= 0.3 is 23.9 Å². The van der Waals surface area contributed by atoms with Gasteiger partial charge in [0, 0.05) is 0 Å². The quantitative estimate of drug-likeness (QED) is 0.484. The lowest BCUT2D eigenvalue weighted by atomic mass is 10.1. The van der Waals surface area contributed by atoms with Gasteiger partial charge in [-0.15, -0.1) is 0 Å². The van der Waals surface area contributed by atoms with Crippen molar-refractivity contribution < 1.29 is 38.9 Å². The van der Waals surface area contributed by atoms with E-state index in [1.807, 2.05) is 55.4 Å². The van der Waals surface area contributed by atoms with Crippen molar-refractivity contribution in [2.45, 2.75) is 67.6 Å². The zero-order chi connectivity index (χ0) is 27.1. The average Bonchev–Trinajstić information content (AvgIpc) is 2.91. The minimum absolute atomic E-state index is 0.0253. The normalized spacial score (nSPS) is 10.2. The molecule has 0 bridgehead atoms. The molecular weight excluding hydrogens is 440 g/mol. The molecule has 0 saturated carbocycles. The van der Waals surface area contributed by atoms with Crippen LogP contribution in [0, 0.1) is 0 Å². The van der Waals surface area contributed by atoms with Gasteiger partial charge in [0.15, 0.2) is 0 Å². The summed E-state index contributed by atoms with van der Waals surface area (Å²) in [4.78, 5) is 46.8. The fraction of sp³-hybridized carbons (Fsp3) is 0.385. The van der Waals surface area contributed by atoms with Crippen molar-refractivity contribution in [2.75, 3.05) is 0 Å². The molecule has 0 aliphatic rings. The molecule has 2 aromatic carbocycles. The number of carboxylic acid groups (broad SMARTS) is 2. The van der Waals surface area contributed by atoms with Crippen molar-refractivity contribution in [1.82, 2.24) is 0 Å². The maximum absolute atomic E-state index is 12.0. The second-order valence-electron chi connectivity index (χ2n) is 5.06. The number of aliphatic carboxylic acids is 2. The van der Waals surface area contributed by atoms with Crippen LogP contribution >= 0.6 is 0 Å². The average molecular weight is 479 g/mol. The minimum Gasteiger partial charge on any atom is -0.478 e. The Morgan fingerprint density at radius 1 is 0.529 bits per heavy atom. The molecule has 2 rings (SSSR count). The highest BCUT2D eigenvalue weighted by Crippen LogP contribution is 2.13. The largest absolute Gasteiger partial charge is 0.478 e. The lowest BCUT2D eigenvalue weighted by Gasteiger charge is -2.21. The molecule has 8 nitrogen and oxygen atoms in total. The molecule has 2 aromatic rings. The SMILES string of the molecule is CC.CC.CC.CC.O=C(OC(C(=O)O)C(OC(=O)c1ccccc1)C(=O)O)c1ccccc1. The molecule has 8 heteroatoms. The Kier molecular flexibility index (Phi) is 23.1. The molecule has 0 spiro atoms. The van der Waals surface area contributed by atoms with Crippen LogP contribution in [0.2, 0.25) is 0 Å². The van der Waals surface area contributed by atoms with Gasteiger partial charge in [-0.3, -0.25) is 0 Å². The Morgan fingerprint density at radius 2 is 0.765 bits per heavy atom. The summed E-state index contributed by atoms with van der Waals surface area (Å²) in [7, 11) is 0. The Morgan fingerprint density at radius 3 is 0.971 bits per heavy atom. The Labute approximate surface area is 202 Å². The Balaban J connectivity index is -0.00000108. The third-order valence-corrected chi connectivity index (χ3v) is 3.25. The van der Waals surface area contributed by atoms with Gasteiger partial charge in [-0.1, -0.05) is 91.8 Å². The number of hydrogen-bond donors (Lipinski definition) is 2. The number of esters is 2. The van der Waals surface area contributed by atoms with Gasteiger partial charge in [0.05, 0.1) is 11.1 Å². The van der Waals surface area contributed by atoms with Crippen molar-refractivity contribution in [3.05, 3.63) is 71.8 Å². The van der Waals surface area contributed by atoms with Crippen LogP contribution < -0.4 is 0 Å². The number of ether oxygens (including phenoxy) is 2. The number of rotatable bonds is 7. The first-order valence-electron chi connectivity index (χ1n) is 11.4. The van der Waals surface area contributed by atoms with E-state index in [9.17, 15) is 29.4 Å². The third-order valence-electron chi connectivity index (χ3n) is 3.25. The summed E-state index contributed by atoms with van der Waals surface area (Å²) in [6, 6.07) is 14.8. The third kappa shape index (κ3) is 13.0. The van der Waals surface area contributed by atoms with Crippen molar-refractivity contribution in [3.63, 3.8) is 0 Å². The molecule has 0 saturated heterocycles. The van der Waals surface area contributed by atoms with Gasteiger partial charge in [0.25, 0.3) is 0 Å². The molecule has 0 amide bonds. The first kappa shape index (κ1) is 34.9. The van der Waals surface area contributed by atoms with E-state index in [0.717, 1.165) is 0 Å². The van der Waals surface area contributed by atoms with Crippen LogP contribution in [0.4, 0.5) is 0 Å². The van der Waals surface area contributed by atoms with E-state index in [-0.39, 0.29) is 11.1 Å². The molecular formula is C26H38O8. The maximum atomic E-state index is 12.0. The summed E-state index contributed by atoms with van der Waals surface area (Å²) >= 11 is 0. The van der Waals surface area contributed by atoms with E-state index in [0.29, 0.717) is 0 Å². The monoisotopic (exact) mass is 478 g/mol. The molecule has 0 aliphatic heterocycles. The summed E-state index contributed by atoms with van der Waals surface area (Å²) in [5.74, 6) is -5.63. The van der Waals surface area contributed by atoms with E-state index in [1.165, 1.54) is 48.5 Å². The van der Waals surface area contributed by atoms with E-state index < -0.39 is 36.1 Å². The van der Waals surface area contributed by atoms with Gasteiger partial charge in [0.1, 0.15) is 0 Å². The lowest BCUT2D eigenvalue weighted by Crippen LogP contribution is -2.45. The van der Waals surface area contributed by atoms with E-state index >= 15 is 0 Å². The number of carbonyl (C=O) groups excluding carboxylic acids is 2. The second kappa shape index (κ2) is 22.5. The molecule has 0 aromatic heterocycles. The van der Waals surface area contributed by atoms with Crippen LogP contribution in [0.1, 0.15) is 76.1 Å². The first-order chi connectivity index (χ1) is 16.4. The van der Waals surface area contributed by atoms with E-state index in [2.05, 4.69) is 0 Å². The Hall–Kier alpha value is -3.68. The van der Waals surface area contributed by atoms with Crippen LogP contribution in [0.3, 0.4) is 0 Å². The number of carboxylic acids is 2. The van der Waals surface area contributed by atoms with Crippen LogP contribution in [-0.4, -0.2) is 46.3 Å². The highest BCUT2D eigenvalue weighted by Gasteiger charge is 2.40. The minimum atomic E-state index is -2.21. The zero-order valence-electron chi connectivity index (χ0n) is 21.3. The van der Waals surface area contributed by atoms with Crippen molar-refractivity contribution in [2.24, 2.45) is 0 Å². The Bertz CT molecular complexity index is 735. The molecule has 0 radical (unpaired) electrons. The highest BCUT2D eigenvalue weighted by atomic mass is 16.6. The summed E-state index contributed by atoms with van der Waals surface area (Å²) in [5.41, 5.74) is 0.0505. The van der Waals surface area contributed by atoms with Gasteiger partial charge in [-0.05, 0) is 24.3 Å². The van der Waals surface area contributed by atoms with Crippen molar-refractivity contribution in [3.8, 4) is 0 Å². The van der Waals surface area contributed by atoms with Crippen LogP contribution in [0.15, 0.2) is 60.7 Å². The summed E-state index contributed by atoms with van der Waals surface area (Å²) in [5, 5.41) is 18.5. The topological polar surface area (TPSA) is 127 Å². The van der Waals surface area contributed by atoms with Gasteiger partial charge in [0.2, 0.25) is 12.2 Å². The fourth-order valence-corrected chi connectivity index (χ4v) is 2.00. The van der Waals surface area contributed by atoms with E-state index in [4.69, 9.17) is 9.47 Å². The van der Waals surface area contributed by atoms with Gasteiger partial charge < -0.3 is 19.7 Å². The van der Waals surface area contributed by atoms with Crippen LogP contribution in [0.25, 0.3) is 0 Å². The summed E-state index contributed by atoms with van der Waals surface area (Å²) < 4.78 is 9.52. The lowest BCUT2D eigenvalue weighted by molar-refractivity contribution is -0.166. The fourth-order valence-electron chi connectivity index (χ4n) is 2.00. The number of hydrogen-bond acceptors (Lipinski definition) is 6. The maximum Gasteiger partial charge on any atom is 0.349 e. The predicted molar refractivity (Wildman–Crippen MR) is 132 cm³/mol. The van der Waals surface area contributed by atoms with Gasteiger partial charge in [-0.2, -0.15) is 0 Å². The summed E-state index contributed by atoms with van der Waals surface area (Å²) in [6.45, 7) is 16.0. The number of benzene rings is 2. The van der Waals surface area contributed by atoms with Crippen LogP contribution in [0.5, 0.6) is 0 Å². The molecule has 2 atom stereocenters. The molecule has 34 heavy (non-hydrogen) atoms. The number of carbonyl (C=O) groups is 4. The molecule has 0 fully saturated rings. The molecule has 190 valence electrons. The second-order valence-corrected chi connectivity index (χ2v) is 5.06. The molecule has 0 heterocycles.